The Kier molecular flexibility index (Phi) is 51.7. The van der Waals surface area contributed by atoms with E-state index in [-0.39, 0.29) is 18.3 Å². The van der Waals surface area contributed by atoms with Gasteiger partial charge in [-0.1, -0.05) is 190 Å². The van der Waals surface area contributed by atoms with Crippen LogP contribution in [0.4, 0.5) is 0 Å². The molecule has 0 aromatic carbocycles. The molecule has 0 spiro atoms. The Labute approximate surface area is 405 Å². The topological polar surface area (TPSA) is 79.2 Å². The first-order valence-corrected chi connectivity index (χ1v) is 28.0. The summed E-state index contributed by atoms with van der Waals surface area (Å²) in [6, 6.07) is 0. The van der Waals surface area contributed by atoms with Gasteiger partial charge in [0, 0.05) is 45.8 Å². The van der Waals surface area contributed by atoms with Crippen LogP contribution in [0, 0.1) is 0 Å². The molecular weight excluding hydrogens is 799 g/mol. The van der Waals surface area contributed by atoms with Gasteiger partial charge >= 0.3 is 0 Å². The summed E-state index contributed by atoms with van der Waals surface area (Å²) in [5.41, 5.74) is 0. The maximum atomic E-state index is 11.1. The molecule has 0 heterocycles. The number of rotatable bonds is 51. The molecule has 0 amide bonds. The van der Waals surface area contributed by atoms with Gasteiger partial charge < -0.3 is 25.5 Å². The smallest absolute Gasteiger partial charge is 0.0667 e. The summed E-state index contributed by atoms with van der Waals surface area (Å²) in [7, 11) is 2.16. The highest BCUT2D eigenvalue weighted by atomic mass is 16.3. The van der Waals surface area contributed by atoms with Crippen LogP contribution < -0.4 is 5.32 Å². The predicted molar refractivity (Wildman–Crippen MR) is 289 cm³/mol. The second-order valence-electron chi connectivity index (χ2n) is 19.2. The minimum Gasteiger partial charge on any atom is -0.392 e. The number of unbranched alkanes of at least 4 members (excludes halogenated alkanes) is 21. The molecule has 0 aromatic rings. The van der Waals surface area contributed by atoms with Crippen molar-refractivity contribution in [2.75, 3.05) is 52.9 Å². The van der Waals surface area contributed by atoms with Crippen molar-refractivity contribution in [2.45, 2.75) is 251 Å². The van der Waals surface area contributed by atoms with Crippen molar-refractivity contribution >= 4 is 0 Å². The van der Waals surface area contributed by atoms with Crippen LogP contribution in [0.2, 0.25) is 0 Å². The molecule has 0 aromatic heterocycles. The maximum Gasteiger partial charge on any atom is 0.0667 e. The molecule has 6 nitrogen and oxygen atoms in total. The highest BCUT2D eigenvalue weighted by Crippen LogP contribution is 2.13. The molecule has 0 bridgehead atoms. The van der Waals surface area contributed by atoms with Crippen LogP contribution in [0.25, 0.3) is 0 Å². The molecule has 3 atom stereocenters. The minimum absolute atomic E-state index is 0.286. The molecule has 65 heavy (non-hydrogen) atoms. The van der Waals surface area contributed by atoms with Gasteiger partial charge in [-0.15, -0.1) is 0 Å². The third-order valence-electron chi connectivity index (χ3n) is 12.5. The average molecular weight is 911 g/mol. The Hall–Kier alpha value is -1.80. The molecule has 0 rings (SSSR count). The molecule has 0 saturated heterocycles. The number of nitrogens with zero attached hydrogens (tertiary/aromatic N) is 2. The highest BCUT2D eigenvalue weighted by Gasteiger charge is 2.17. The van der Waals surface area contributed by atoms with E-state index >= 15 is 0 Å². The average Bonchev–Trinajstić information content (AvgIpc) is 3.29. The molecule has 0 saturated carbocycles. The summed E-state index contributed by atoms with van der Waals surface area (Å²) in [4.78, 5) is 4.64. The monoisotopic (exact) mass is 910 g/mol. The van der Waals surface area contributed by atoms with Gasteiger partial charge in [0.25, 0.3) is 0 Å². The molecule has 0 aliphatic heterocycles. The number of likely N-dealkylation sites (N-methyl/N-ethyl adjacent to an activating group) is 1. The summed E-state index contributed by atoms with van der Waals surface area (Å²) < 4.78 is 0. The summed E-state index contributed by atoms with van der Waals surface area (Å²) in [5.74, 6) is 0. The third-order valence-corrected chi connectivity index (χ3v) is 12.5. The first-order chi connectivity index (χ1) is 31.9. The van der Waals surface area contributed by atoms with Crippen LogP contribution in [0.1, 0.15) is 233 Å². The fraction of sp³-hybridized carbons (Fsp3) is 0.797. The lowest BCUT2D eigenvalue weighted by Gasteiger charge is -2.29. The lowest BCUT2D eigenvalue weighted by Crippen LogP contribution is -2.43. The Balaban J connectivity index is 4.49. The van der Waals surface area contributed by atoms with Crippen molar-refractivity contribution in [3.8, 4) is 0 Å². The fourth-order valence-corrected chi connectivity index (χ4v) is 8.14. The zero-order valence-corrected chi connectivity index (χ0v) is 43.7. The molecule has 0 aliphatic carbocycles. The number of hydrogen-bond acceptors (Lipinski definition) is 6. The largest absolute Gasteiger partial charge is 0.392 e. The standard InChI is InChI=1S/C59H111N3O3/c1-5-8-11-14-17-20-23-26-29-32-35-38-41-44-47-57(63)54-60-50-51-61(4)52-53-62(55-58(64)48-45-42-39-36-33-30-27-24-21-18-15-12-9-6-2)56-59(65)49-46-43-40-37-34-31-28-25-22-19-16-13-10-7-3/h17-22,26-31,57-60,63-65H,5-16,23-25,32-56H2,1-4H3/b20-17-,21-18-,22-19-,29-26-,30-27-,31-28-. The second-order valence-corrected chi connectivity index (χ2v) is 19.2. The number of aliphatic hydroxyl groups is 3. The normalized spacial score (nSPS) is 14.2. The van der Waals surface area contributed by atoms with Gasteiger partial charge in [0.05, 0.1) is 18.3 Å². The fourth-order valence-electron chi connectivity index (χ4n) is 8.14. The van der Waals surface area contributed by atoms with Gasteiger partial charge in [-0.25, -0.2) is 0 Å². The van der Waals surface area contributed by atoms with Gasteiger partial charge in [-0.2, -0.15) is 0 Å². The number of aliphatic hydroxyl groups excluding tert-OH is 3. The summed E-state index contributed by atoms with van der Waals surface area (Å²) in [6.07, 6.45) is 65.4. The molecular formula is C59H111N3O3. The van der Waals surface area contributed by atoms with Gasteiger partial charge in [0.1, 0.15) is 0 Å². The zero-order chi connectivity index (χ0) is 47.4. The van der Waals surface area contributed by atoms with E-state index in [0.29, 0.717) is 19.6 Å². The maximum absolute atomic E-state index is 11.1. The van der Waals surface area contributed by atoms with Gasteiger partial charge in [-0.3, -0.25) is 4.90 Å². The van der Waals surface area contributed by atoms with Crippen molar-refractivity contribution in [1.82, 2.24) is 15.1 Å². The van der Waals surface area contributed by atoms with Crippen LogP contribution in [0.3, 0.4) is 0 Å². The molecule has 4 N–H and O–H groups in total. The number of allylic oxidation sites excluding steroid dienone is 12. The molecule has 0 radical (unpaired) electrons. The van der Waals surface area contributed by atoms with E-state index in [1.165, 1.54) is 122 Å². The van der Waals surface area contributed by atoms with E-state index < -0.39 is 0 Å². The molecule has 6 heteroatoms. The first kappa shape index (κ1) is 63.2. The van der Waals surface area contributed by atoms with E-state index in [2.05, 4.69) is 116 Å². The SMILES string of the molecule is CCCCC/C=C\C/C=C\CCCCCCC(O)CNCCN(C)CCN(CC(O)CCCCCC/C=C\C/C=C\CCCCC)CC(O)CCCCCC/C=C\C/C=C\CCCCC. The van der Waals surface area contributed by atoms with Crippen molar-refractivity contribution in [3.05, 3.63) is 72.9 Å². The quantitative estimate of drug-likeness (QED) is 0.0360. The van der Waals surface area contributed by atoms with E-state index in [1.54, 1.807) is 0 Å². The summed E-state index contributed by atoms with van der Waals surface area (Å²) in [5, 5.41) is 36.2. The second kappa shape index (κ2) is 53.2. The van der Waals surface area contributed by atoms with Crippen molar-refractivity contribution in [3.63, 3.8) is 0 Å². The first-order valence-electron chi connectivity index (χ1n) is 28.0. The predicted octanol–water partition coefficient (Wildman–Crippen LogP) is 15.2. The Bertz CT molecular complexity index is 1060. The van der Waals surface area contributed by atoms with Crippen LogP contribution in [0.5, 0.6) is 0 Å². The lowest BCUT2D eigenvalue weighted by atomic mass is 10.1. The van der Waals surface area contributed by atoms with Crippen LogP contribution in [-0.4, -0.2) is 96.3 Å². The van der Waals surface area contributed by atoms with E-state index in [1.807, 2.05) is 0 Å². The minimum atomic E-state index is -0.363. The molecule has 0 fully saturated rings. The van der Waals surface area contributed by atoms with Crippen LogP contribution in [-0.2, 0) is 0 Å². The Morgan fingerprint density at radius 2 is 0.692 bits per heavy atom. The van der Waals surface area contributed by atoms with E-state index in [4.69, 9.17) is 0 Å². The zero-order valence-electron chi connectivity index (χ0n) is 43.7. The third kappa shape index (κ3) is 51.4. The summed E-state index contributed by atoms with van der Waals surface area (Å²) >= 11 is 0. The highest BCUT2D eigenvalue weighted by molar-refractivity contribution is 4.94. The van der Waals surface area contributed by atoms with Crippen molar-refractivity contribution in [2.24, 2.45) is 0 Å². The van der Waals surface area contributed by atoms with Crippen molar-refractivity contribution < 1.29 is 15.3 Å². The van der Waals surface area contributed by atoms with Gasteiger partial charge in [0.15, 0.2) is 0 Å². The van der Waals surface area contributed by atoms with E-state index in [0.717, 1.165) is 116 Å². The number of nitrogens with one attached hydrogen (secondary N) is 1. The Morgan fingerprint density at radius 1 is 0.369 bits per heavy atom. The van der Waals surface area contributed by atoms with Crippen molar-refractivity contribution in [1.29, 1.82) is 0 Å². The van der Waals surface area contributed by atoms with Crippen LogP contribution >= 0.6 is 0 Å². The van der Waals surface area contributed by atoms with Gasteiger partial charge in [0.2, 0.25) is 0 Å². The Morgan fingerprint density at radius 3 is 1.05 bits per heavy atom. The number of hydrogen-bond donors (Lipinski definition) is 4. The van der Waals surface area contributed by atoms with Gasteiger partial charge in [-0.05, 0) is 123 Å². The lowest BCUT2D eigenvalue weighted by molar-refractivity contribution is 0.0564. The summed E-state index contributed by atoms with van der Waals surface area (Å²) in [6.45, 7) is 12.1. The van der Waals surface area contributed by atoms with E-state index in [9.17, 15) is 15.3 Å². The van der Waals surface area contributed by atoms with Crippen LogP contribution in [0.15, 0.2) is 72.9 Å². The molecule has 3 unspecified atom stereocenters. The molecule has 380 valence electrons. The molecule has 0 aliphatic rings.